The van der Waals surface area contributed by atoms with Gasteiger partial charge in [-0.2, -0.15) is 0 Å². The predicted octanol–water partition coefficient (Wildman–Crippen LogP) is 4.33. The SMILES string of the molecule is O=C(N=Nc1ccc(NOC(=O)c2ccc(F)cc2)cc1)c1ccncc1. The fourth-order valence-electron chi connectivity index (χ4n) is 2.00. The van der Waals surface area contributed by atoms with Crippen molar-refractivity contribution in [2.45, 2.75) is 0 Å². The summed E-state index contributed by atoms with van der Waals surface area (Å²) in [6, 6.07) is 14.5. The Kier molecular flexibility index (Phi) is 5.58. The summed E-state index contributed by atoms with van der Waals surface area (Å²) >= 11 is 0. The molecule has 7 nitrogen and oxygen atoms in total. The summed E-state index contributed by atoms with van der Waals surface area (Å²) in [5.41, 5.74) is 4.03. The highest BCUT2D eigenvalue weighted by atomic mass is 19.1. The average Bonchev–Trinajstić information content (AvgIpc) is 2.72. The van der Waals surface area contributed by atoms with E-state index in [0.717, 1.165) is 0 Å². The van der Waals surface area contributed by atoms with Crippen molar-refractivity contribution < 1.29 is 18.8 Å². The second-order valence-corrected chi connectivity index (χ2v) is 5.29. The molecule has 1 N–H and O–H groups in total. The minimum atomic E-state index is -0.651. The first-order chi connectivity index (χ1) is 13.1. The van der Waals surface area contributed by atoms with Crippen LogP contribution in [0.25, 0.3) is 0 Å². The lowest BCUT2D eigenvalue weighted by atomic mass is 10.2. The van der Waals surface area contributed by atoms with Crippen molar-refractivity contribution in [1.82, 2.24) is 4.98 Å². The van der Waals surface area contributed by atoms with Gasteiger partial charge >= 0.3 is 5.97 Å². The van der Waals surface area contributed by atoms with Crippen LogP contribution in [0.2, 0.25) is 0 Å². The van der Waals surface area contributed by atoms with Crippen LogP contribution in [0.1, 0.15) is 20.7 Å². The molecule has 1 heterocycles. The zero-order valence-corrected chi connectivity index (χ0v) is 13.9. The molecule has 0 fully saturated rings. The van der Waals surface area contributed by atoms with Crippen LogP contribution < -0.4 is 5.48 Å². The van der Waals surface area contributed by atoms with E-state index >= 15 is 0 Å². The van der Waals surface area contributed by atoms with Crippen molar-refractivity contribution in [1.29, 1.82) is 0 Å². The standard InChI is InChI=1S/C19H13FN4O3/c20-15-3-1-14(2-4-15)19(26)27-24-17-7-5-16(6-8-17)22-23-18(25)13-9-11-21-12-10-13/h1-12,24H. The molecule has 0 saturated carbocycles. The molecule has 0 aliphatic heterocycles. The smallest absolute Gasteiger partial charge is 0.338 e. The quantitative estimate of drug-likeness (QED) is 0.537. The van der Waals surface area contributed by atoms with Gasteiger partial charge in [0.15, 0.2) is 0 Å². The van der Waals surface area contributed by atoms with Crippen LogP contribution in [0.3, 0.4) is 0 Å². The van der Waals surface area contributed by atoms with E-state index in [2.05, 4.69) is 20.7 Å². The number of halogens is 1. The predicted molar refractivity (Wildman–Crippen MR) is 95.0 cm³/mol. The second-order valence-electron chi connectivity index (χ2n) is 5.29. The lowest BCUT2D eigenvalue weighted by molar-refractivity contribution is 0.0596. The Balaban J connectivity index is 1.55. The molecule has 0 aliphatic carbocycles. The van der Waals surface area contributed by atoms with Gasteiger partial charge in [-0.15, -0.1) is 10.2 Å². The summed E-state index contributed by atoms with van der Waals surface area (Å²) in [5, 5.41) is 7.50. The number of nitrogens with zero attached hydrogens (tertiary/aromatic N) is 3. The summed E-state index contributed by atoms with van der Waals surface area (Å²) in [6.45, 7) is 0. The van der Waals surface area contributed by atoms with Gasteiger partial charge in [-0.3, -0.25) is 9.78 Å². The zero-order valence-electron chi connectivity index (χ0n) is 13.9. The van der Waals surface area contributed by atoms with Crippen molar-refractivity contribution in [3.63, 3.8) is 0 Å². The highest BCUT2D eigenvalue weighted by Crippen LogP contribution is 2.17. The van der Waals surface area contributed by atoms with E-state index in [-0.39, 0.29) is 5.56 Å². The molecule has 1 amide bonds. The van der Waals surface area contributed by atoms with Gasteiger partial charge in [0.05, 0.1) is 16.9 Å². The third-order valence-electron chi connectivity index (χ3n) is 3.39. The van der Waals surface area contributed by atoms with Gasteiger partial charge in [-0.25, -0.2) is 14.7 Å². The van der Waals surface area contributed by atoms with Crippen LogP contribution in [0.5, 0.6) is 0 Å². The van der Waals surface area contributed by atoms with Gasteiger partial charge in [0.2, 0.25) is 0 Å². The third kappa shape index (κ3) is 5.02. The Bertz CT molecular complexity index is 959. The molecule has 0 spiro atoms. The number of carbonyl (C=O) groups excluding carboxylic acids is 2. The molecular formula is C19H13FN4O3. The highest BCUT2D eigenvalue weighted by Gasteiger charge is 2.07. The zero-order chi connectivity index (χ0) is 19.1. The maximum Gasteiger partial charge on any atom is 0.362 e. The average molecular weight is 364 g/mol. The maximum atomic E-state index is 12.8. The van der Waals surface area contributed by atoms with Gasteiger partial charge in [0.1, 0.15) is 5.82 Å². The second kappa shape index (κ2) is 8.43. The van der Waals surface area contributed by atoms with Crippen LogP contribution >= 0.6 is 0 Å². The number of hydrogen-bond donors (Lipinski definition) is 1. The van der Waals surface area contributed by atoms with E-state index < -0.39 is 17.7 Å². The normalized spacial score (nSPS) is 10.6. The van der Waals surface area contributed by atoms with Crippen molar-refractivity contribution in [3.05, 3.63) is 90.0 Å². The monoisotopic (exact) mass is 364 g/mol. The number of aromatic nitrogens is 1. The van der Waals surface area contributed by atoms with E-state index in [0.29, 0.717) is 16.9 Å². The molecule has 3 rings (SSSR count). The number of nitrogens with one attached hydrogen (secondary N) is 1. The number of rotatable bonds is 5. The molecule has 134 valence electrons. The topological polar surface area (TPSA) is 93.0 Å². The summed E-state index contributed by atoms with van der Waals surface area (Å²) in [5.74, 6) is -1.57. The first kappa shape index (κ1) is 17.9. The Hall–Kier alpha value is -3.94. The minimum Gasteiger partial charge on any atom is -0.338 e. The number of hydrogen-bond acceptors (Lipinski definition) is 6. The molecule has 0 atom stereocenters. The molecule has 0 saturated heterocycles. The van der Waals surface area contributed by atoms with Crippen LogP contribution in [-0.2, 0) is 4.84 Å². The van der Waals surface area contributed by atoms with Crippen LogP contribution in [0, 0.1) is 5.82 Å². The summed E-state index contributed by atoms with van der Waals surface area (Å²) in [4.78, 5) is 32.4. The highest BCUT2D eigenvalue weighted by molar-refractivity contribution is 5.94. The molecule has 0 radical (unpaired) electrons. The molecule has 2 aromatic carbocycles. The van der Waals surface area contributed by atoms with E-state index in [1.165, 1.54) is 36.7 Å². The Morgan fingerprint density at radius 3 is 2.22 bits per heavy atom. The van der Waals surface area contributed by atoms with Gasteiger partial charge < -0.3 is 4.84 Å². The number of carbonyl (C=O) groups is 2. The fourth-order valence-corrected chi connectivity index (χ4v) is 2.00. The molecule has 0 unspecified atom stereocenters. The number of benzene rings is 2. The van der Waals surface area contributed by atoms with Gasteiger partial charge in [-0.05, 0) is 60.7 Å². The number of amides is 1. The summed E-state index contributed by atoms with van der Waals surface area (Å²) in [6.07, 6.45) is 2.99. The minimum absolute atomic E-state index is 0.212. The van der Waals surface area contributed by atoms with Crippen LogP contribution in [-0.4, -0.2) is 16.9 Å². The van der Waals surface area contributed by atoms with Gasteiger partial charge in [-0.1, -0.05) is 0 Å². The number of pyridine rings is 1. The molecule has 0 aliphatic rings. The van der Waals surface area contributed by atoms with Crippen molar-refractivity contribution in [2.24, 2.45) is 10.2 Å². The Labute approximate surface area is 153 Å². The first-order valence-electron chi connectivity index (χ1n) is 7.81. The fraction of sp³-hybridized carbons (Fsp3) is 0. The third-order valence-corrected chi connectivity index (χ3v) is 3.39. The summed E-state index contributed by atoms with van der Waals surface area (Å²) in [7, 11) is 0. The Morgan fingerprint density at radius 1 is 0.889 bits per heavy atom. The molecule has 0 bridgehead atoms. The molecule has 3 aromatic rings. The van der Waals surface area contributed by atoms with Crippen molar-refractivity contribution in [3.8, 4) is 0 Å². The van der Waals surface area contributed by atoms with E-state index in [4.69, 9.17) is 4.84 Å². The summed E-state index contributed by atoms with van der Waals surface area (Å²) < 4.78 is 12.8. The van der Waals surface area contributed by atoms with E-state index in [1.807, 2.05) is 0 Å². The molecule has 8 heteroatoms. The van der Waals surface area contributed by atoms with Gasteiger partial charge in [0.25, 0.3) is 5.91 Å². The molecule has 27 heavy (non-hydrogen) atoms. The lowest BCUT2D eigenvalue weighted by Gasteiger charge is -2.06. The maximum absolute atomic E-state index is 12.8. The van der Waals surface area contributed by atoms with Gasteiger partial charge in [0, 0.05) is 18.0 Å². The number of azo groups is 1. The van der Waals surface area contributed by atoms with Crippen LogP contribution in [0.15, 0.2) is 83.3 Å². The molecule has 1 aromatic heterocycles. The number of anilines is 1. The van der Waals surface area contributed by atoms with Crippen molar-refractivity contribution >= 4 is 23.3 Å². The molecular weight excluding hydrogens is 351 g/mol. The van der Waals surface area contributed by atoms with Crippen LogP contribution in [0.4, 0.5) is 15.8 Å². The van der Waals surface area contributed by atoms with E-state index in [1.54, 1.807) is 36.4 Å². The lowest BCUT2D eigenvalue weighted by Crippen LogP contribution is -2.10. The first-order valence-corrected chi connectivity index (χ1v) is 7.81. The Morgan fingerprint density at radius 2 is 1.56 bits per heavy atom. The largest absolute Gasteiger partial charge is 0.362 e. The van der Waals surface area contributed by atoms with Crippen molar-refractivity contribution in [2.75, 3.05) is 5.48 Å². The van der Waals surface area contributed by atoms with E-state index in [9.17, 15) is 14.0 Å².